The molecule has 4 heteroatoms. The Bertz CT molecular complexity index is 596. The Balaban J connectivity index is 2.33. The van der Waals surface area contributed by atoms with E-state index >= 15 is 0 Å². The van der Waals surface area contributed by atoms with Gasteiger partial charge in [0.2, 0.25) is 0 Å². The van der Waals surface area contributed by atoms with Crippen LogP contribution in [0, 0.1) is 0 Å². The molecule has 0 unspecified atom stereocenters. The number of rotatable bonds is 1. The first-order valence-electron chi connectivity index (χ1n) is 4.64. The maximum absolute atomic E-state index is 10.9. The molecule has 0 spiro atoms. The monoisotopic (exact) mass is 200 g/mol. The van der Waals surface area contributed by atoms with Crippen molar-refractivity contribution in [1.82, 2.24) is 9.38 Å². The van der Waals surface area contributed by atoms with Crippen LogP contribution in [0.5, 0.6) is 0 Å². The summed E-state index contributed by atoms with van der Waals surface area (Å²) in [5.41, 5.74) is 3.18. The molecule has 2 aromatic rings. The van der Waals surface area contributed by atoms with Crippen LogP contribution >= 0.6 is 0 Å². The summed E-state index contributed by atoms with van der Waals surface area (Å²) >= 11 is 0. The maximum atomic E-state index is 10.9. The quantitative estimate of drug-likeness (QED) is 0.756. The van der Waals surface area contributed by atoms with E-state index in [1.807, 2.05) is 22.9 Å². The molecule has 15 heavy (non-hydrogen) atoms. The molecule has 0 bridgehead atoms. The van der Waals surface area contributed by atoms with Gasteiger partial charge in [0, 0.05) is 36.1 Å². The molecule has 2 heterocycles. The Kier molecular flexibility index (Phi) is 1.48. The lowest BCUT2D eigenvalue weighted by Gasteiger charge is -2.10. The Labute approximate surface area is 85.5 Å². The fourth-order valence-corrected chi connectivity index (χ4v) is 1.96. The summed E-state index contributed by atoms with van der Waals surface area (Å²) < 4.78 is 1.97. The fraction of sp³-hybridized carbons (Fsp3) is 0.0909. The number of carbonyl (C=O) groups is 1. The van der Waals surface area contributed by atoms with Crippen molar-refractivity contribution in [2.75, 3.05) is 0 Å². The highest BCUT2D eigenvalue weighted by Gasteiger charge is 2.19. The molecule has 0 atom stereocenters. The number of carboxylic acid groups (broad SMARTS) is 1. The topological polar surface area (TPSA) is 54.6 Å². The number of aliphatic carboxylic acids is 1. The van der Waals surface area contributed by atoms with E-state index in [-0.39, 0.29) is 0 Å². The van der Waals surface area contributed by atoms with Gasteiger partial charge in [0.05, 0.1) is 11.2 Å². The number of carboxylic acids is 1. The Morgan fingerprint density at radius 1 is 1.47 bits per heavy atom. The molecular formula is C11H8N2O2. The summed E-state index contributed by atoms with van der Waals surface area (Å²) in [6.45, 7) is 0. The van der Waals surface area contributed by atoms with Crippen LogP contribution in [0.2, 0.25) is 0 Å². The zero-order chi connectivity index (χ0) is 10.4. The van der Waals surface area contributed by atoms with Gasteiger partial charge in [0.1, 0.15) is 0 Å². The summed E-state index contributed by atoms with van der Waals surface area (Å²) in [5, 5.41) is 8.95. The van der Waals surface area contributed by atoms with E-state index < -0.39 is 5.97 Å². The Morgan fingerprint density at radius 2 is 2.33 bits per heavy atom. The first kappa shape index (κ1) is 8.23. The molecule has 4 nitrogen and oxygen atoms in total. The highest BCUT2D eigenvalue weighted by atomic mass is 16.4. The van der Waals surface area contributed by atoms with Crippen LogP contribution in [-0.2, 0) is 11.2 Å². The molecule has 0 fully saturated rings. The Morgan fingerprint density at radius 3 is 3.13 bits per heavy atom. The standard InChI is InChI=1S/C11H8N2O2/c14-11(15)8-5-7-1-3-13-4-2-12-9(6-8)10(7)13/h1-5H,6H2,(H,14,15). The highest BCUT2D eigenvalue weighted by molar-refractivity contribution is 5.96. The molecule has 0 amide bonds. The molecule has 0 aliphatic heterocycles. The zero-order valence-electron chi connectivity index (χ0n) is 7.84. The second-order valence-corrected chi connectivity index (χ2v) is 3.55. The molecule has 1 N–H and O–H groups in total. The van der Waals surface area contributed by atoms with E-state index in [9.17, 15) is 4.79 Å². The third-order valence-corrected chi connectivity index (χ3v) is 2.64. The van der Waals surface area contributed by atoms with Crippen LogP contribution in [0.15, 0.2) is 30.2 Å². The Hall–Kier alpha value is -2.10. The molecule has 0 aromatic carbocycles. The average molecular weight is 200 g/mol. The third-order valence-electron chi connectivity index (χ3n) is 2.64. The van der Waals surface area contributed by atoms with Crippen molar-refractivity contribution in [3.05, 3.63) is 41.5 Å². The van der Waals surface area contributed by atoms with E-state index in [1.165, 1.54) is 0 Å². The fourth-order valence-electron chi connectivity index (χ4n) is 1.96. The molecule has 0 radical (unpaired) electrons. The smallest absolute Gasteiger partial charge is 0.331 e. The van der Waals surface area contributed by atoms with Gasteiger partial charge in [-0.2, -0.15) is 0 Å². The van der Waals surface area contributed by atoms with Crippen LogP contribution in [0.25, 0.3) is 11.6 Å². The summed E-state index contributed by atoms with van der Waals surface area (Å²) in [4.78, 5) is 15.1. The molecule has 1 aliphatic carbocycles. The van der Waals surface area contributed by atoms with Gasteiger partial charge in [-0.15, -0.1) is 0 Å². The number of nitrogens with zero attached hydrogens (tertiary/aromatic N) is 2. The van der Waals surface area contributed by atoms with Crippen LogP contribution < -0.4 is 0 Å². The van der Waals surface area contributed by atoms with Crippen LogP contribution in [0.3, 0.4) is 0 Å². The van der Waals surface area contributed by atoms with Gasteiger partial charge >= 0.3 is 5.97 Å². The highest BCUT2D eigenvalue weighted by Crippen LogP contribution is 2.26. The molecule has 0 saturated heterocycles. The lowest BCUT2D eigenvalue weighted by molar-refractivity contribution is -0.132. The van der Waals surface area contributed by atoms with E-state index in [0.717, 1.165) is 16.8 Å². The SMILES string of the molecule is O=C(O)C1=Cc2ccn3ccnc(c23)C1. The second kappa shape index (κ2) is 2.70. The maximum Gasteiger partial charge on any atom is 0.331 e. The van der Waals surface area contributed by atoms with E-state index in [2.05, 4.69) is 4.98 Å². The minimum atomic E-state index is -0.870. The third kappa shape index (κ3) is 1.08. The molecule has 2 aromatic heterocycles. The van der Waals surface area contributed by atoms with Gasteiger partial charge in [0.25, 0.3) is 0 Å². The van der Waals surface area contributed by atoms with E-state index in [4.69, 9.17) is 5.11 Å². The normalized spacial score (nSPS) is 14.0. The molecule has 74 valence electrons. The van der Waals surface area contributed by atoms with Crippen molar-refractivity contribution >= 4 is 17.6 Å². The van der Waals surface area contributed by atoms with Gasteiger partial charge in [-0.25, -0.2) is 4.79 Å². The average Bonchev–Trinajstić information content (AvgIpc) is 2.64. The van der Waals surface area contributed by atoms with Crippen LogP contribution in [0.1, 0.15) is 11.3 Å². The van der Waals surface area contributed by atoms with Crippen molar-refractivity contribution < 1.29 is 9.90 Å². The summed E-state index contributed by atoms with van der Waals surface area (Å²) in [7, 11) is 0. The first-order chi connectivity index (χ1) is 7.25. The minimum Gasteiger partial charge on any atom is -0.478 e. The molecule has 0 saturated carbocycles. The zero-order valence-corrected chi connectivity index (χ0v) is 7.84. The van der Waals surface area contributed by atoms with Gasteiger partial charge < -0.3 is 9.51 Å². The predicted molar refractivity (Wildman–Crippen MR) is 54.5 cm³/mol. The van der Waals surface area contributed by atoms with Crippen molar-refractivity contribution in [3.8, 4) is 0 Å². The molecule has 3 rings (SSSR count). The van der Waals surface area contributed by atoms with Crippen LogP contribution in [-0.4, -0.2) is 20.5 Å². The lowest BCUT2D eigenvalue weighted by atomic mass is 10.00. The second-order valence-electron chi connectivity index (χ2n) is 3.55. The number of hydrogen-bond donors (Lipinski definition) is 1. The van der Waals surface area contributed by atoms with E-state index in [0.29, 0.717) is 12.0 Å². The first-order valence-corrected chi connectivity index (χ1v) is 4.64. The molecular weight excluding hydrogens is 192 g/mol. The van der Waals surface area contributed by atoms with Gasteiger partial charge in [-0.1, -0.05) is 0 Å². The van der Waals surface area contributed by atoms with Crippen LogP contribution in [0.4, 0.5) is 0 Å². The van der Waals surface area contributed by atoms with Gasteiger partial charge in [0.15, 0.2) is 0 Å². The summed E-state index contributed by atoms with van der Waals surface area (Å²) in [6, 6.07) is 1.91. The summed E-state index contributed by atoms with van der Waals surface area (Å²) in [6.07, 6.45) is 7.58. The number of aromatic nitrogens is 2. The van der Waals surface area contributed by atoms with Crippen molar-refractivity contribution in [2.24, 2.45) is 0 Å². The number of hydrogen-bond acceptors (Lipinski definition) is 2. The molecule has 1 aliphatic rings. The lowest BCUT2D eigenvalue weighted by Crippen LogP contribution is -2.09. The van der Waals surface area contributed by atoms with Gasteiger partial charge in [-0.3, -0.25) is 4.98 Å². The van der Waals surface area contributed by atoms with Crippen molar-refractivity contribution in [1.29, 1.82) is 0 Å². The van der Waals surface area contributed by atoms with E-state index in [1.54, 1.807) is 12.3 Å². The van der Waals surface area contributed by atoms with Crippen molar-refractivity contribution in [2.45, 2.75) is 6.42 Å². The minimum absolute atomic E-state index is 0.398. The predicted octanol–water partition coefficient (Wildman–Crippen LogP) is 1.36. The van der Waals surface area contributed by atoms with Gasteiger partial charge in [-0.05, 0) is 12.1 Å². The largest absolute Gasteiger partial charge is 0.478 e. The summed E-state index contributed by atoms with van der Waals surface area (Å²) in [5.74, 6) is -0.870. The van der Waals surface area contributed by atoms with Crippen molar-refractivity contribution in [3.63, 3.8) is 0 Å².